The van der Waals surface area contributed by atoms with Gasteiger partial charge in [0.15, 0.2) is 12.4 Å². The molecule has 2 aromatic rings. The standard InChI is InChI=1S/C18H18O6/c1-3-23-13-6-4-12(5-7-13)17(20)11-24-18(21)15-9-8-14(22-2)10-16(15)19/h4-10,19H,3,11H2,1-2H3. The van der Waals surface area contributed by atoms with Crippen LogP contribution >= 0.6 is 0 Å². The van der Waals surface area contributed by atoms with E-state index in [2.05, 4.69) is 0 Å². The number of hydrogen-bond donors (Lipinski definition) is 1. The van der Waals surface area contributed by atoms with Gasteiger partial charge in [-0.3, -0.25) is 4.79 Å². The molecule has 0 atom stereocenters. The minimum absolute atomic E-state index is 0.0321. The molecule has 24 heavy (non-hydrogen) atoms. The van der Waals surface area contributed by atoms with Crippen molar-refractivity contribution in [3.63, 3.8) is 0 Å². The normalized spacial score (nSPS) is 10.1. The molecule has 0 unspecified atom stereocenters. The van der Waals surface area contributed by atoms with Crippen molar-refractivity contribution in [2.45, 2.75) is 6.92 Å². The van der Waals surface area contributed by atoms with Crippen molar-refractivity contribution >= 4 is 11.8 Å². The van der Waals surface area contributed by atoms with Gasteiger partial charge in [-0.2, -0.15) is 0 Å². The van der Waals surface area contributed by atoms with E-state index in [1.807, 2.05) is 6.92 Å². The zero-order valence-corrected chi connectivity index (χ0v) is 13.4. The fourth-order valence-corrected chi connectivity index (χ4v) is 2.01. The molecule has 126 valence electrons. The maximum absolute atomic E-state index is 12.0. The molecule has 0 spiro atoms. The van der Waals surface area contributed by atoms with E-state index >= 15 is 0 Å². The molecular formula is C18H18O6. The number of carbonyl (C=O) groups excluding carboxylic acids is 2. The van der Waals surface area contributed by atoms with Crippen LogP contribution in [0.5, 0.6) is 17.2 Å². The maximum Gasteiger partial charge on any atom is 0.342 e. The predicted molar refractivity (Wildman–Crippen MR) is 86.9 cm³/mol. The number of hydrogen-bond acceptors (Lipinski definition) is 6. The number of methoxy groups -OCH3 is 1. The first-order chi connectivity index (χ1) is 11.5. The van der Waals surface area contributed by atoms with Gasteiger partial charge in [-0.15, -0.1) is 0 Å². The fraction of sp³-hybridized carbons (Fsp3) is 0.222. The lowest BCUT2D eigenvalue weighted by molar-refractivity contribution is 0.0471. The summed E-state index contributed by atoms with van der Waals surface area (Å²) in [7, 11) is 1.45. The first-order valence-electron chi connectivity index (χ1n) is 7.35. The Labute approximate surface area is 139 Å². The Morgan fingerprint density at radius 3 is 2.29 bits per heavy atom. The van der Waals surface area contributed by atoms with Crippen LogP contribution < -0.4 is 9.47 Å². The Hall–Kier alpha value is -3.02. The van der Waals surface area contributed by atoms with Crippen molar-refractivity contribution in [1.82, 2.24) is 0 Å². The van der Waals surface area contributed by atoms with E-state index in [4.69, 9.17) is 14.2 Å². The summed E-state index contributed by atoms with van der Waals surface area (Å²) in [5, 5.41) is 9.78. The van der Waals surface area contributed by atoms with Crippen LogP contribution in [0.1, 0.15) is 27.6 Å². The average Bonchev–Trinajstić information content (AvgIpc) is 2.60. The Morgan fingerprint density at radius 1 is 1.04 bits per heavy atom. The van der Waals surface area contributed by atoms with Crippen LogP contribution in [-0.4, -0.2) is 37.2 Å². The molecule has 0 fully saturated rings. The second-order valence-electron chi connectivity index (χ2n) is 4.84. The van der Waals surface area contributed by atoms with E-state index in [1.165, 1.54) is 25.3 Å². The Balaban J connectivity index is 1.97. The summed E-state index contributed by atoms with van der Waals surface area (Å²) in [6, 6.07) is 10.7. The number of aromatic hydroxyl groups is 1. The van der Waals surface area contributed by atoms with Crippen molar-refractivity contribution in [1.29, 1.82) is 0 Å². The number of phenols is 1. The van der Waals surface area contributed by atoms with Gasteiger partial charge in [0.05, 0.1) is 13.7 Å². The van der Waals surface area contributed by atoms with Crippen LogP contribution in [0.25, 0.3) is 0 Å². The molecule has 0 aliphatic carbocycles. The molecule has 0 aromatic heterocycles. The van der Waals surface area contributed by atoms with Crippen LogP contribution in [0.3, 0.4) is 0 Å². The summed E-state index contributed by atoms with van der Waals surface area (Å²) in [5.74, 6) is -0.328. The molecule has 2 aromatic carbocycles. The highest BCUT2D eigenvalue weighted by molar-refractivity contribution is 6.00. The van der Waals surface area contributed by atoms with Gasteiger partial charge in [0.1, 0.15) is 22.8 Å². The van der Waals surface area contributed by atoms with E-state index in [1.54, 1.807) is 24.3 Å². The van der Waals surface area contributed by atoms with Crippen LogP contribution in [0.15, 0.2) is 42.5 Å². The van der Waals surface area contributed by atoms with Gasteiger partial charge in [-0.05, 0) is 43.3 Å². The summed E-state index contributed by atoms with van der Waals surface area (Å²) in [6.45, 7) is 1.99. The third-order valence-electron chi connectivity index (χ3n) is 3.25. The van der Waals surface area contributed by atoms with Gasteiger partial charge in [0.25, 0.3) is 0 Å². The smallest absolute Gasteiger partial charge is 0.342 e. The molecule has 0 amide bonds. The molecule has 0 radical (unpaired) electrons. The van der Waals surface area contributed by atoms with E-state index in [-0.39, 0.29) is 17.1 Å². The molecule has 0 bridgehead atoms. The zero-order chi connectivity index (χ0) is 17.5. The first-order valence-corrected chi connectivity index (χ1v) is 7.35. The summed E-state index contributed by atoms with van der Waals surface area (Å²) >= 11 is 0. The number of rotatable bonds is 7. The summed E-state index contributed by atoms with van der Waals surface area (Å²) in [6.07, 6.45) is 0. The van der Waals surface area contributed by atoms with E-state index in [9.17, 15) is 14.7 Å². The minimum atomic E-state index is -0.783. The molecule has 0 saturated heterocycles. The fourth-order valence-electron chi connectivity index (χ4n) is 2.01. The molecule has 6 heteroatoms. The molecule has 0 saturated carbocycles. The van der Waals surface area contributed by atoms with Gasteiger partial charge in [0.2, 0.25) is 0 Å². The van der Waals surface area contributed by atoms with Crippen LogP contribution in [0.2, 0.25) is 0 Å². The number of ketones is 1. The van der Waals surface area contributed by atoms with Gasteiger partial charge >= 0.3 is 5.97 Å². The van der Waals surface area contributed by atoms with Crippen molar-refractivity contribution in [2.24, 2.45) is 0 Å². The highest BCUT2D eigenvalue weighted by Gasteiger charge is 2.16. The van der Waals surface area contributed by atoms with Crippen molar-refractivity contribution in [3.05, 3.63) is 53.6 Å². The van der Waals surface area contributed by atoms with E-state index in [0.29, 0.717) is 23.7 Å². The number of phenolic OH excluding ortho intramolecular Hbond substituents is 1. The maximum atomic E-state index is 12.0. The van der Waals surface area contributed by atoms with Gasteiger partial charge in [-0.1, -0.05) is 0 Å². The third-order valence-corrected chi connectivity index (χ3v) is 3.25. The Bertz CT molecular complexity index is 721. The number of carbonyl (C=O) groups is 2. The first kappa shape index (κ1) is 17.3. The summed E-state index contributed by atoms with van der Waals surface area (Å²) in [4.78, 5) is 24.0. The van der Waals surface area contributed by atoms with Crippen LogP contribution in [0, 0.1) is 0 Å². The molecule has 1 N–H and O–H groups in total. The highest BCUT2D eigenvalue weighted by Crippen LogP contribution is 2.24. The van der Waals surface area contributed by atoms with Crippen molar-refractivity contribution in [2.75, 3.05) is 20.3 Å². The van der Waals surface area contributed by atoms with Crippen LogP contribution in [0.4, 0.5) is 0 Å². The number of ether oxygens (including phenoxy) is 3. The quantitative estimate of drug-likeness (QED) is 0.621. The lowest BCUT2D eigenvalue weighted by Crippen LogP contribution is -2.14. The lowest BCUT2D eigenvalue weighted by atomic mass is 10.1. The zero-order valence-electron chi connectivity index (χ0n) is 13.4. The molecule has 6 nitrogen and oxygen atoms in total. The largest absolute Gasteiger partial charge is 0.507 e. The second-order valence-corrected chi connectivity index (χ2v) is 4.84. The summed E-state index contributed by atoms with van der Waals surface area (Å²) < 4.78 is 15.2. The monoisotopic (exact) mass is 330 g/mol. The predicted octanol–water partition coefficient (Wildman–Crippen LogP) is 2.84. The molecule has 2 rings (SSSR count). The van der Waals surface area contributed by atoms with Crippen molar-refractivity contribution < 1.29 is 28.9 Å². The Morgan fingerprint density at radius 2 is 1.71 bits per heavy atom. The van der Waals surface area contributed by atoms with E-state index < -0.39 is 12.6 Å². The highest BCUT2D eigenvalue weighted by atomic mass is 16.5. The van der Waals surface area contributed by atoms with E-state index in [0.717, 1.165) is 0 Å². The lowest BCUT2D eigenvalue weighted by Gasteiger charge is -2.08. The van der Waals surface area contributed by atoms with Gasteiger partial charge < -0.3 is 19.3 Å². The number of esters is 1. The molecule has 0 aliphatic rings. The second kappa shape index (κ2) is 8.01. The minimum Gasteiger partial charge on any atom is -0.507 e. The topological polar surface area (TPSA) is 82.1 Å². The number of benzene rings is 2. The van der Waals surface area contributed by atoms with Crippen molar-refractivity contribution in [3.8, 4) is 17.2 Å². The Kier molecular flexibility index (Phi) is 5.78. The van der Waals surface area contributed by atoms with Gasteiger partial charge in [0, 0.05) is 11.6 Å². The van der Waals surface area contributed by atoms with Crippen LogP contribution in [-0.2, 0) is 4.74 Å². The van der Waals surface area contributed by atoms with Gasteiger partial charge in [-0.25, -0.2) is 4.79 Å². The average molecular weight is 330 g/mol. The third kappa shape index (κ3) is 4.25. The molecule has 0 heterocycles. The molecular weight excluding hydrogens is 312 g/mol. The summed E-state index contributed by atoms with van der Waals surface area (Å²) in [5.41, 5.74) is 0.375. The number of Topliss-reactive ketones (excluding diaryl/α,β-unsaturated/α-hetero) is 1. The SMILES string of the molecule is CCOc1ccc(C(=O)COC(=O)c2ccc(OC)cc2O)cc1. The molecule has 0 aliphatic heterocycles.